The molecule has 1 aliphatic rings. The van der Waals surface area contributed by atoms with Crippen molar-refractivity contribution in [2.45, 2.75) is 19.0 Å². The number of fused-ring (bicyclic) bond motifs is 2. The van der Waals surface area contributed by atoms with Gasteiger partial charge in [0.05, 0.1) is 42.8 Å². The molecule has 8 heteroatoms. The second-order valence-corrected chi connectivity index (χ2v) is 6.83. The van der Waals surface area contributed by atoms with Crippen molar-refractivity contribution in [2.75, 3.05) is 19.0 Å². The number of anilines is 1. The van der Waals surface area contributed by atoms with Crippen LogP contribution in [0, 0.1) is 0 Å². The lowest BCUT2D eigenvalue weighted by Gasteiger charge is -2.12. The number of aromatic nitrogens is 2. The molecule has 0 radical (unpaired) electrons. The first kappa shape index (κ1) is 18.8. The Kier molecular flexibility index (Phi) is 5.09. The molecule has 0 fully saturated rings. The monoisotopic (exact) mass is 392 g/mol. The van der Waals surface area contributed by atoms with Crippen LogP contribution in [-0.4, -0.2) is 35.1 Å². The fraction of sp³-hybridized carbons (Fsp3) is 0.238. The van der Waals surface area contributed by atoms with Gasteiger partial charge in [0.2, 0.25) is 5.91 Å². The van der Waals surface area contributed by atoms with Gasteiger partial charge >= 0.3 is 0 Å². The van der Waals surface area contributed by atoms with E-state index in [0.29, 0.717) is 35.3 Å². The van der Waals surface area contributed by atoms with E-state index >= 15 is 0 Å². The van der Waals surface area contributed by atoms with Crippen LogP contribution in [0.15, 0.2) is 53.6 Å². The third kappa shape index (κ3) is 3.74. The second kappa shape index (κ2) is 7.84. The third-order valence-corrected chi connectivity index (χ3v) is 4.92. The molecule has 2 N–H and O–H groups in total. The summed E-state index contributed by atoms with van der Waals surface area (Å²) in [7, 11) is 1.57. The van der Waals surface area contributed by atoms with Gasteiger partial charge in [-0.3, -0.25) is 19.0 Å². The topological polar surface area (TPSA) is 102 Å². The SMILES string of the molecule is COCCn1cnc2ccc(NC(=O)C[C@H]3NC(=O)c4ccccc43)cc2c1=O. The van der Waals surface area contributed by atoms with Crippen molar-refractivity contribution < 1.29 is 14.3 Å². The summed E-state index contributed by atoms with van der Waals surface area (Å²) in [5, 5.41) is 6.05. The van der Waals surface area contributed by atoms with Crippen molar-refractivity contribution in [1.82, 2.24) is 14.9 Å². The van der Waals surface area contributed by atoms with Crippen LogP contribution in [0.3, 0.4) is 0 Å². The van der Waals surface area contributed by atoms with Gasteiger partial charge < -0.3 is 15.4 Å². The minimum atomic E-state index is -0.368. The molecule has 1 aliphatic heterocycles. The van der Waals surface area contributed by atoms with Gasteiger partial charge in [0.15, 0.2) is 0 Å². The number of carbonyl (C=O) groups excluding carboxylic acids is 2. The lowest BCUT2D eigenvalue weighted by Crippen LogP contribution is -2.24. The predicted octanol–water partition coefficient (Wildman–Crippen LogP) is 1.86. The Bertz CT molecular complexity index is 1150. The van der Waals surface area contributed by atoms with Gasteiger partial charge in [0.1, 0.15) is 0 Å². The number of amides is 2. The summed E-state index contributed by atoms with van der Waals surface area (Å²) in [6.45, 7) is 0.799. The number of nitrogens with one attached hydrogen (secondary N) is 2. The van der Waals surface area contributed by atoms with Gasteiger partial charge in [0.25, 0.3) is 11.5 Å². The molecule has 0 bridgehead atoms. The Hall–Kier alpha value is -3.52. The highest BCUT2D eigenvalue weighted by molar-refractivity contribution is 6.01. The Morgan fingerprint density at radius 2 is 2.07 bits per heavy atom. The van der Waals surface area contributed by atoms with Gasteiger partial charge in [-0.25, -0.2) is 4.98 Å². The number of rotatable bonds is 6. The number of hydrogen-bond donors (Lipinski definition) is 2. The van der Waals surface area contributed by atoms with E-state index in [4.69, 9.17) is 4.74 Å². The van der Waals surface area contributed by atoms with E-state index in [0.717, 1.165) is 5.56 Å². The summed E-state index contributed by atoms with van der Waals surface area (Å²) >= 11 is 0. The Morgan fingerprint density at radius 3 is 2.90 bits per heavy atom. The third-order valence-electron chi connectivity index (χ3n) is 4.92. The van der Waals surface area contributed by atoms with Crippen LogP contribution < -0.4 is 16.2 Å². The van der Waals surface area contributed by atoms with Crippen molar-refractivity contribution in [2.24, 2.45) is 0 Å². The minimum Gasteiger partial charge on any atom is -0.383 e. The molecule has 1 atom stereocenters. The number of ether oxygens (including phenoxy) is 1. The van der Waals surface area contributed by atoms with Gasteiger partial charge in [-0.05, 0) is 29.8 Å². The fourth-order valence-electron chi connectivity index (χ4n) is 3.47. The van der Waals surface area contributed by atoms with Crippen LogP contribution >= 0.6 is 0 Å². The maximum atomic E-state index is 12.6. The lowest BCUT2D eigenvalue weighted by molar-refractivity contribution is -0.116. The summed E-state index contributed by atoms with van der Waals surface area (Å²) in [6.07, 6.45) is 1.59. The van der Waals surface area contributed by atoms with Crippen LogP contribution in [0.1, 0.15) is 28.4 Å². The molecule has 1 aromatic heterocycles. The van der Waals surface area contributed by atoms with E-state index in [1.807, 2.05) is 12.1 Å². The molecule has 0 saturated heterocycles. The van der Waals surface area contributed by atoms with Crippen molar-refractivity contribution in [3.05, 3.63) is 70.3 Å². The molecule has 0 aliphatic carbocycles. The average molecular weight is 392 g/mol. The van der Waals surface area contributed by atoms with E-state index in [1.54, 1.807) is 37.4 Å². The Labute approximate surface area is 166 Å². The van der Waals surface area contributed by atoms with E-state index in [-0.39, 0.29) is 29.8 Å². The lowest BCUT2D eigenvalue weighted by atomic mass is 10.0. The highest BCUT2D eigenvalue weighted by Gasteiger charge is 2.29. The molecule has 3 aromatic rings. The van der Waals surface area contributed by atoms with Crippen LogP contribution in [0.25, 0.3) is 10.9 Å². The molecule has 2 aromatic carbocycles. The summed E-state index contributed by atoms with van der Waals surface area (Å²) in [4.78, 5) is 41.5. The summed E-state index contributed by atoms with van der Waals surface area (Å²) in [5.41, 5.74) is 2.28. The number of hydrogen-bond acceptors (Lipinski definition) is 5. The predicted molar refractivity (Wildman–Crippen MR) is 108 cm³/mol. The largest absolute Gasteiger partial charge is 0.383 e. The normalized spacial score (nSPS) is 15.2. The Balaban J connectivity index is 1.52. The first-order chi connectivity index (χ1) is 14.1. The summed E-state index contributed by atoms with van der Waals surface area (Å²) in [6, 6.07) is 11.9. The zero-order chi connectivity index (χ0) is 20.4. The highest BCUT2D eigenvalue weighted by Crippen LogP contribution is 2.27. The molecule has 2 amide bonds. The smallest absolute Gasteiger partial charge is 0.261 e. The van der Waals surface area contributed by atoms with Crippen molar-refractivity contribution in [3.8, 4) is 0 Å². The molecule has 4 rings (SSSR count). The van der Waals surface area contributed by atoms with E-state index < -0.39 is 0 Å². The number of nitrogens with zero attached hydrogens (tertiary/aromatic N) is 2. The van der Waals surface area contributed by atoms with Crippen molar-refractivity contribution in [1.29, 1.82) is 0 Å². The molecule has 0 spiro atoms. The number of benzene rings is 2. The van der Waals surface area contributed by atoms with Gasteiger partial charge in [0, 0.05) is 18.4 Å². The van der Waals surface area contributed by atoms with Crippen LogP contribution in [0.4, 0.5) is 5.69 Å². The van der Waals surface area contributed by atoms with Crippen molar-refractivity contribution >= 4 is 28.4 Å². The van der Waals surface area contributed by atoms with E-state index in [1.165, 1.54) is 10.9 Å². The molecular formula is C21H20N4O4. The molecule has 2 heterocycles. The molecule has 0 saturated carbocycles. The Morgan fingerprint density at radius 1 is 1.24 bits per heavy atom. The standard InChI is InChI=1S/C21H20N4O4/c1-29-9-8-25-12-22-17-7-6-13(10-16(17)21(25)28)23-19(26)11-18-14-4-2-3-5-15(14)20(27)24-18/h2-7,10,12,18H,8-9,11H2,1H3,(H,23,26)(H,24,27)/t18-/m1/s1. The highest BCUT2D eigenvalue weighted by atomic mass is 16.5. The fourth-order valence-corrected chi connectivity index (χ4v) is 3.47. The first-order valence-corrected chi connectivity index (χ1v) is 9.24. The molecule has 8 nitrogen and oxygen atoms in total. The summed E-state index contributed by atoms with van der Waals surface area (Å²) in [5.74, 6) is -0.429. The summed E-state index contributed by atoms with van der Waals surface area (Å²) < 4.78 is 6.49. The number of carbonyl (C=O) groups is 2. The molecular weight excluding hydrogens is 372 g/mol. The van der Waals surface area contributed by atoms with Gasteiger partial charge in [-0.1, -0.05) is 18.2 Å². The number of methoxy groups -OCH3 is 1. The van der Waals surface area contributed by atoms with E-state index in [9.17, 15) is 14.4 Å². The molecule has 29 heavy (non-hydrogen) atoms. The maximum absolute atomic E-state index is 12.6. The first-order valence-electron chi connectivity index (χ1n) is 9.24. The maximum Gasteiger partial charge on any atom is 0.261 e. The van der Waals surface area contributed by atoms with Crippen LogP contribution in [0.2, 0.25) is 0 Å². The van der Waals surface area contributed by atoms with Crippen LogP contribution in [0.5, 0.6) is 0 Å². The zero-order valence-corrected chi connectivity index (χ0v) is 15.8. The van der Waals surface area contributed by atoms with Crippen molar-refractivity contribution in [3.63, 3.8) is 0 Å². The van der Waals surface area contributed by atoms with Gasteiger partial charge in [-0.15, -0.1) is 0 Å². The zero-order valence-electron chi connectivity index (χ0n) is 15.8. The molecule has 0 unspecified atom stereocenters. The minimum absolute atomic E-state index is 0.103. The average Bonchev–Trinajstić information content (AvgIpc) is 3.03. The molecule has 148 valence electrons. The second-order valence-electron chi connectivity index (χ2n) is 6.83. The quantitative estimate of drug-likeness (QED) is 0.667. The van der Waals surface area contributed by atoms with Crippen LogP contribution in [-0.2, 0) is 16.1 Å². The van der Waals surface area contributed by atoms with Gasteiger partial charge in [-0.2, -0.15) is 0 Å². The van der Waals surface area contributed by atoms with E-state index in [2.05, 4.69) is 15.6 Å².